The van der Waals surface area contributed by atoms with Crippen LogP contribution in [0.1, 0.15) is 4.88 Å². The predicted molar refractivity (Wildman–Crippen MR) is 88.7 cm³/mol. The van der Waals surface area contributed by atoms with E-state index in [1.54, 1.807) is 18.4 Å². The van der Waals surface area contributed by atoms with Crippen LogP contribution in [0.25, 0.3) is 0 Å². The molecule has 3 rings (SSSR count). The Morgan fingerprint density at radius 3 is 2.62 bits per heavy atom. The van der Waals surface area contributed by atoms with Crippen LogP contribution < -0.4 is 9.64 Å². The van der Waals surface area contributed by atoms with E-state index in [-0.39, 0.29) is 0 Å². The number of benzene rings is 1. The van der Waals surface area contributed by atoms with Gasteiger partial charge in [-0.2, -0.15) is 5.10 Å². The average molecular weight is 301 g/mol. The van der Waals surface area contributed by atoms with E-state index >= 15 is 0 Å². The van der Waals surface area contributed by atoms with Crippen LogP contribution in [0.4, 0.5) is 5.69 Å². The van der Waals surface area contributed by atoms with Crippen molar-refractivity contribution in [1.29, 1.82) is 0 Å². The molecule has 5 heteroatoms. The zero-order chi connectivity index (χ0) is 14.5. The fourth-order valence-corrected chi connectivity index (χ4v) is 3.03. The van der Waals surface area contributed by atoms with Gasteiger partial charge in [0.1, 0.15) is 5.75 Å². The smallest absolute Gasteiger partial charge is 0.142 e. The first-order valence-corrected chi connectivity index (χ1v) is 7.95. The van der Waals surface area contributed by atoms with Crippen molar-refractivity contribution >= 4 is 23.2 Å². The molecule has 4 nitrogen and oxygen atoms in total. The van der Waals surface area contributed by atoms with Crippen LogP contribution >= 0.6 is 11.3 Å². The van der Waals surface area contributed by atoms with E-state index in [2.05, 4.69) is 38.6 Å². The van der Waals surface area contributed by atoms with E-state index in [0.29, 0.717) is 0 Å². The van der Waals surface area contributed by atoms with Gasteiger partial charge in [0.15, 0.2) is 0 Å². The second-order valence-corrected chi connectivity index (χ2v) is 5.85. The summed E-state index contributed by atoms with van der Waals surface area (Å²) >= 11 is 1.71. The Morgan fingerprint density at radius 1 is 1.10 bits per heavy atom. The Balaban J connectivity index is 1.60. The SMILES string of the molecule is COc1ccccc1N1CCN(N=Cc2cccs2)CC1. The summed E-state index contributed by atoms with van der Waals surface area (Å²) in [7, 11) is 1.72. The van der Waals surface area contributed by atoms with E-state index in [1.807, 2.05) is 24.4 Å². The highest BCUT2D eigenvalue weighted by atomic mass is 32.1. The molecule has 110 valence electrons. The minimum Gasteiger partial charge on any atom is -0.495 e. The Morgan fingerprint density at radius 2 is 1.90 bits per heavy atom. The topological polar surface area (TPSA) is 28.1 Å². The lowest BCUT2D eigenvalue weighted by molar-refractivity contribution is 0.271. The van der Waals surface area contributed by atoms with Crippen LogP contribution in [-0.2, 0) is 0 Å². The summed E-state index contributed by atoms with van der Waals surface area (Å²) < 4.78 is 5.44. The number of ether oxygens (including phenoxy) is 1. The lowest BCUT2D eigenvalue weighted by Gasteiger charge is -2.35. The van der Waals surface area contributed by atoms with Crippen molar-refractivity contribution in [1.82, 2.24) is 5.01 Å². The van der Waals surface area contributed by atoms with Crippen molar-refractivity contribution in [3.63, 3.8) is 0 Å². The number of hydrogen-bond acceptors (Lipinski definition) is 5. The molecular weight excluding hydrogens is 282 g/mol. The number of methoxy groups -OCH3 is 1. The van der Waals surface area contributed by atoms with Gasteiger partial charge in [0.05, 0.1) is 32.1 Å². The van der Waals surface area contributed by atoms with Crippen molar-refractivity contribution in [2.45, 2.75) is 0 Å². The van der Waals surface area contributed by atoms with Gasteiger partial charge in [0.2, 0.25) is 0 Å². The highest BCUT2D eigenvalue weighted by Gasteiger charge is 2.18. The summed E-state index contributed by atoms with van der Waals surface area (Å²) in [5, 5.41) is 8.76. The monoisotopic (exact) mass is 301 g/mol. The van der Waals surface area contributed by atoms with Gasteiger partial charge in [-0.25, -0.2) is 0 Å². The third-order valence-electron chi connectivity index (χ3n) is 3.57. The summed E-state index contributed by atoms with van der Waals surface area (Å²) in [5.41, 5.74) is 1.17. The number of rotatable bonds is 4. The van der Waals surface area contributed by atoms with E-state index in [9.17, 15) is 0 Å². The number of hydrogen-bond donors (Lipinski definition) is 0. The van der Waals surface area contributed by atoms with Crippen LogP contribution in [0, 0.1) is 0 Å². The minimum atomic E-state index is 0.930. The highest BCUT2D eigenvalue weighted by molar-refractivity contribution is 7.11. The number of piperazine rings is 1. The summed E-state index contributed by atoms with van der Waals surface area (Å²) in [6.07, 6.45) is 1.95. The lowest BCUT2D eigenvalue weighted by atomic mass is 10.2. The predicted octanol–water partition coefficient (Wildman–Crippen LogP) is 2.91. The first-order valence-electron chi connectivity index (χ1n) is 7.07. The Hall–Kier alpha value is -2.01. The molecule has 0 N–H and O–H groups in total. The van der Waals surface area contributed by atoms with Crippen molar-refractivity contribution < 1.29 is 4.74 Å². The first kappa shape index (κ1) is 13.9. The van der Waals surface area contributed by atoms with Crippen LogP contribution in [0.5, 0.6) is 5.75 Å². The molecule has 0 radical (unpaired) electrons. The van der Waals surface area contributed by atoms with Crippen LogP contribution in [-0.4, -0.2) is 44.5 Å². The molecule has 0 aliphatic carbocycles. The third-order valence-corrected chi connectivity index (χ3v) is 4.38. The molecule has 2 aromatic rings. The van der Waals surface area contributed by atoms with Crippen LogP contribution in [0.2, 0.25) is 0 Å². The molecule has 1 aromatic heterocycles. The number of anilines is 1. The number of nitrogens with zero attached hydrogens (tertiary/aromatic N) is 3. The standard InChI is InChI=1S/C16H19N3OS/c1-20-16-7-3-2-6-15(16)18-8-10-19(11-9-18)17-13-14-5-4-12-21-14/h2-7,12-13H,8-11H2,1H3. The maximum Gasteiger partial charge on any atom is 0.142 e. The second kappa shape index (κ2) is 6.63. The zero-order valence-corrected chi connectivity index (χ0v) is 12.9. The molecule has 1 aliphatic rings. The Bertz CT molecular complexity index is 589. The van der Waals surface area contributed by atoms with Gasteiger partial charge in [-0.1, -0.05) is 18.2 Å². The minimum absolute atomic E-state index is 0.930. The lowest BCUT2D eigenvalue weighted by Crippen LogP contribution is -2.44. The van der Waals surface area contributed by atoms with Crippen LogP contribution in [0.15, 0.2) is 46.9 Å². The largest absolute Gasteiger partial charge is 0.495 e. The Labute approximate surface area is 129 Å². The fraction of sp³-hybridized carbons (Fsp3) is 0.312. The molecule has 0 amide bonds. The van der Waals surface area contributed by atoms with Gasteiger partial charge in [-0.05, 0) is 23.6 Å². The molecular formula is C16H19N3OS. The average Bonchev–Trinajstić information content (AvgIpc) is 3.07. The maximum absolute atomic E-state index is 5.44. The van der Waals surface area contributed by atoms with E-state index in [4.69, 9.17) is 4.74 Å². The molecule has 1 aliphatic heterocycles. The summed E-state index contributed by atoms with van der Waals surface area (Å²) in [4.78, 5) is 3.55. The summed E-state index contributed by atoms with van der Waals surface area (Å²) in [6.45, 7) is 3.78. The summed E-state index contributed by atoms with van der Waals surface area (Å²) in [5.74, 6) is 0.938. The molecule has 1 aromatic carbocycles. The number of hydrazone groups is 1. The van der Waals surface area contributed by atoms with Crippen molar-refractivity contribution in [2.75, 3.05) is 38.2 Å². The first-order chi connectivity index (χ1) is 10.4. The molecule has 1 saturated heterocycles. The van der Waals surface area contributed by atoms with Gasteiger partial charge in [0, 0.05) is 18.0 Å². The molecule has 2 heterocycles. The number of thiophene rings is 1. The molecule has 0 unspecified atom stereocenters. The molecule has 1 fully saturated rings. The van der Waals surface area contributed by atoms with Crippen LogP contribution in [0.3, 0.4) is 0 Å². The normalized spacial score (nSPS) is 15.7. The molecule has 0 bridgehead atoms. The van der Waals surface area contributed by atoms with E-state index in [0.717, 1.165) is 31.9 Å². The van der Waals surface area contributed by atoms with E-state index < -0.39 is 0 Å². The fourth-order valence-electron chi connectivity index (χ4n) is 2.45. The van der Waals surface area contributed by atoms with Gasteiger partial charge >= 0.3 is 0 Å². The zero-order valence-electron chi connectivity index (χ0n) is 12.1. The molecule has 0 spiro atoms. The second-order valence-electron chi connectivity index (χ2n) is 4.87. The Kier molecular flexibility index (Phi) is 4.40. The molecule has 0 atom stereocenters. The maximum atomic E-state index is 5.44. The van der Waals surface area contributed by atoms with Gasteiger partial charge in [-0.15, -0.1) is 11.3 Å². The summed E-state index contributed by atoms with van der Waals surface area (Å²) in [6, 6.07) is 12.3. The van der Waals surface area contributed by atoms with Gasteiger partial charge in [0.25, 0.3) is 0 Å². The van der Waals surface area contributed by atoms with Crippen molar-refractivity contribution in [3.05, 3.63) is 46.7 Å². The van der Waals surface area contributed by atoms with Crippen molar-refractivity contribution in [2.24, 2.45) is 5.10 Å². The van der Waals surface area contributed by atoms with Gasteiger partial charge in [-0.3, -0.25) is 5.01 Å². The van der Waals surface area contributed by atoms with Crippen molar-refractivity contribution in [3.8, 4) is 5.75 Å². The van der Waals surface area contributed by atoms with Gasteiger partial charge < -0.3 is 9.64 Å². The third kappa shape index (κ3) is 3.36. The molecule has 21 heavy (non-hydrogen) atoms. The van der Waals surface area contributed by atoms with E-state index in [1.165, 1.54) is 10.6 Å². The molecule has 0 saturated carbocycles. The highest BCUT2D eigenvalue weighted by Crippen LogP contribution is 2.28. The number of para-hydroxylation sites is 2. The quantitative estimate of drug-likeness (QED) is 0.813.